The summed E-state index contributed by atoms with van der Waals surface area (Å²) in [4.78, 5) is 69.2. The number of hydrogen-bond donors (Lipinski definition) is 5. The van der Waals surface area contributed by atoms with E-state index in [1.807, 2.05) is 9.80 Å². The number of β-amino-alcohol motifs (C(OH)–C–C–N with tert-alkyl or cyclic N) is 1. The first-order chi connectivity index (χ1) is 49.4. The first-order valence-electron chi connectivity index (χ1n) is 43.2. The Hall–Kier alpha value is -3.39. The summed E-state index contributed by atoms with van der Waals surface area (Å²) in [6.45, 7) is 87.4. The minimum absolute atomic E-state index is 0.0253. The van der Waals surface area contributed by atoms with E-state index in [-0.39, 0.29) is 79.8 Å². The van der Waals surface area contributed by atoms with Crippen LogP contribution in [0.25, 0.3) is 0 Å². The van der Waals surface area contributed by atoms with E-state index in [2.05, 4.69) is 270 Å². The minimum atomic E-state index is -0.340. The van der Waals surface area contributed by atoms with Gasteiger partial charge in [0, 0.05) is 97.7 Å². The summed E-state index contributed by atoms with van der Waals surface area (Å²) in [6.07, 6.45) is 24.9. The number of amides is 5. The molecule has 9 saturated heterocycles. The van der Waals surface area contributed by atoms with Gasteiger partial charge in [-0.1, -0.05) is 123 Å². The van der Waals surface area contributed by atoms with Gasteiger partial charge in [-0.25, -0.2) is 4.79 Å². The topological polar surface area (TPSA) is 200 Å². The van der Waals surface area contributed by atoms with Gasteiger partial charge in [0.25, 0.3) is 0 Å². The van der Waals surface area contributed by atoms with Gasteiger partial charge >= 0.3 is 6.09 Å². The third-order valence-corrected chi connectivity index (χ3v) is 23.3. The summed E-state index contributed by atoms with van der Waals surface area (Å²) in [7, 11) is 0. The zero-order valence-electron chi connectivity index (χ0n) is 77.6. The number of rotatable bonds is 0. The molecule has 0 aromatic carbocycles. The van der Waals surface area contributed by atoms with E-state index in [0.717, 1.165) is 110 Å². The van der Waals surface area contributed by atoms with E-state index in [4.69, 9.17) is 9.47 Å². The van der Waals surface area contributed by atoms with E-state index < -0.39 is 0 Å². The number of nitrogens with one attached hydrogen (secondary N) is 3. The molecular formula is C91H179N9O9. The zero-order valence-corrected chi connectivity index (χ0v) is 77.6. The van der Waals surface area contributed by atoms with Crippen molar-refractivity contribution in [3.63, 3.8) is 0 Å². The molecule has 0 radical (unpaired) electrons. The first-order valence-corrected chi connectivity index (χ1v) is 43.2. The summed E-state index contributed by atoms with van der Waals surface area (Å²) in [5, 5.41) is 27.4. The molecule has 109 heavy (non-hydrogen) atoms. The van der Waals surface area contributed by atoms with Crippen molar-refractivity contribution in [1.82, 2.24) is 45.3 Å². The second-order valence-corrected chi connectivity index (χ2v) is 44.1. The van der Waals surface area contributed by atoms with Gasteiger partial charge in [-0.15, -0.1) is 0 Å². The predicted octanol–water partition coefficient (Wildman–Crippen LogP) is 18.3. The monoisotopic (exact) mass is 1540 g/mol. The second kappa shape index (κ2) is 45.2. The Morgan fingerprint density at radius 2 is 0.872 bits per heavy atom. The van der Waals surface area contributed by atoms with Gasteiger partial charge < -0.3 is 45.4 Å². The van der Waals surface area contributed by atoms with Crippen molar-refractivity contribution in [2.75, 3.05) is 98.4 Å². The molecule has 0 spiro atoms. The molecule has 1 saturated carbocycles. The van der Waals surface area contributed by atoms with Gasteiger partial charge in [-0.3, -0.25) is 38.8 Å². The lowest BCUT2D eigenvalue weighted by Gasteiger charge is -2.47. The number of piperidine rings is 4. The van der Waals surface area contributed by atoms with Crippen LogP contribution in [0.1, 0.15) is 357 Å². The van der Waals surface area contributed by atoms with Gasteiger partial charge in [0.2, 0.25) is 23.6 Å². The number of likely N-dealkylation sites (tertiary alicyclic amines) is 6. The fourth-order valence-electron chi connectivity index (χ4n) is 14.6. The molecule has 11 aliphatic rings. The highest BCUT2D eigenvalue weighted by atomic mass is 16.6. The number of hydrogen-bond acceptors (Lipinski definition) is 13. The maximum Gasteiger partial charge on any atom is 0.407 e. The Labute approximate surface area is 672 Å². The average molecular weight is 1540 g/mol. The summed E-state index contributed by atoms with van der Waals surface area (Å²) in [5.74, 6) is 1.83. The highest BCUT2D eigenvalue weighted by molar-refractivity contribution is 5.80. The Balaban J connectivity index is 0.000000600. The second-order valence-electron chi connectivity index (χ2n) is 44.1. The highest BCUT2D eigenvalue weighted by Gasteiger charge is 2.45. The van der Waals surface area contributed by atoms with Crippen LogP contribution in [-0.2, 0) is 28.7 Å². The van der Waals surface area contributed by atoms with Gasteiger partial charge in [-0.2, -0.15) is 0 Å². The van der Waals surface area contributed by atoms with Crippen molar-refractivity contribution in [2.45, 2.75) is 408 Å². The lowest BCUT2D eigenvalue weighted by molar-refractivity contribution is -0.138. The minimum Gasteiger partial charge on any atom is -0.447 e. The number of alkyl carbamates (subject to hydrolysis) is 1. The molecule has 10 fully saturated rings. The number of carbonyl (C=O) groups is 5. The van der Waals surface area contributed by atoms with Gasteiger partial charge in [0.15, 0.2) is 0 Å². The normalized spacial score (nSPS) is 24.0. The van der Waals surface area contributed by atoms with Gasteiger partial charge in [-0.05, 0) is 299 Å². The number of nitrogens with zero attached hydrogens (tertiary/aromatic N) is 6. The lowest BCUT2D eigenvalue weighted by Crippen LogP contribution is -2.48. The standard InChI is InChI=1S/2C9H17NO.2C9H19N.C8H15NO.C8H17NO.C8H15NO.C8H17N.C8H14O.C8H16O.C7H13NO2/c1-9(2,3)7-5-4-6-10-8(7)11;1-9(2,3)10-7-5-4-6-8(10)11;2*1-9(2,3)10-7-5-4-6-8-10;1-8(2,3)6-4-7(10)9-5-6;1-8(2,3)9-5-4-7(10)6-9;1-8(2,3)9-6-4-5-7(9)10;1-8(2,3)9-6-4-5-7-9;1-8(2,3)7-4-5-9-6-7;1-7(2,3)8(9)5-4-6-8;1-7(2,3)5-4-10-6(9)8-5/h7H,4-6H2,1-3H3,(H,10,11);4-7H2,1-3H3;2*4-8H2,1-3H3;6H,4-5H2,1-3H3,(H,9,10);7,10H,4-6H2,1-3H3;4-6H2,1-3H3;4-7H2,1-3H3;4H,5-6H2,1-3H3;9H,4-6H2,1-3H3;5H,4H2,1-3H3,(H,8,9). The Morgan fingerprint density at radius 3 is 1.07 bits per heavy atom. The molecule has 5 amide bonds. The predicted molar refractivity (Wildman–Crippen MR) is 459 cm³/mol. The fourth-order valence-corrected chi connectivity index (χ4v) is 14.6. The summed E-state index contributed by atoms with van der Waals surface area (Å²) in [5.41, 5.74) is 3.52. The van der Waals surface area contributed by atoms with E-state index in [0.29, 0.717) is 52.8 Å². The molecule has 10 heterocycles. The Morgan fingerprint density at radius 1 is 0.450 bits per heavy atom. The van der Waals surface area contributed by atoms with E-state index in [1.165, 1.54) is 109 Å². The van der Waals surface area contributed by atoms with Crippen LogP contribution in [0, 0.1) is 38.9 Å². The molecule has 18 nitrogen and oxygen atoms in total. The molecule has 0 aromatic rings. The third-order valence-electron chi connectivity index (χ3n) is 23.3. The molecule has 5 N–H and O–H groups in total. The van der Waals surface area contributed by atoms with Crippen LogP contribution in [0.3, 0.4) is 0 Å². The summed E-state index contributed by atoms with van der Waals surface area (Å²) >= 11 is 0. The van der Waals surface area contributed by atoms with E-state index in [1.54, 1.807) is 0 Å². The molecule has 1 aliphatic carbocycles. The number of aliphatic hydroxyl groups excluding tert-OH is 1. The summed E-state index contributed by atoms with van der Waals surface area (Å²) in [6, 6.07) is 0.167. The molecule has 18 heteroatoms. The van der Waals surface area contributed by atoms with E-state index >= 15 is 0 Å². The Bertz CT molecular complexity index is 2510. The van der Waals surface area contributed by atoms with Crippen molar-refractivity contribution >= 4 is 29.7 Å². The largest absolute Gasteiger partial charge is 0.447 e. The number of ether oxygens (including phenoxy) is 2. The molecule has 0 bridgehead atoms. The zero-order chi connectivity index (χ0) is 84.2. The fraction of sp³-hybridized carbons (Fsp3) is 0.923. The summed E-state index contributed by atoms with van der Waals surface area (Å²) < 4.78 is 9.93. The van der Waals surface area contributed by atoms with Crippen LogP contribution in [0.2, 0.25) is 0 Å². The average Bonchev–Trinajstić information content (AvgIpc) is 1.50. The van der Waals surface area contributed by atoms with Gasteiger partial charge in [0.05, 0.1) is 31.0 Å². The van der Waals surface area contributed by atoms with Crippen LogP contribution in [0.5, 0.6) is 0 Å². The molecule has 0 aromatic heterocycles. The van der Waals surface area contributed by atoms with Crippen molar-refractivity contribution in [3.8, 4) is 0 Å². The van der Waals surface area contributed by atoms with Crippen LogP contribution >= 0.6 is 0 Å². The molecule has 642 valence electrons. The first kappa shape index (κ1) is 104. The number of aliphatic hydroxyl groups is 2. The third kappa shape index (κ3) is 41.7. The van der Waals surface area contributed by atoms with Crippen molar-refractivity contribution < 1.29 is 43.7 Å². The number of cyclic esters (lactones) is 1. The molecular weight excluding hydrogens is 1360 g/mol. The quantitative estimate of drug-likeness (QED) is 0.144. The molecule has 4 unspecified atom stereocenters. The molecule has 11 rings (SSSR count). The van der Waals surface area contributed by atoms with Crippen molar-refractivity contribution in [1.29, 1.82) is 0 Å². The van der Waals surface area contributed by atoms with Crippen LogP contribution in [0.4, 0.5) is 4.79 Å². The molecule has 10 aliphatic heterocycles. The van der Waals surface area contributed by atoms with Crippen LogP contribution < -0.4 is 16.0 Å². The van der Waals surface area contributed by atoms with Crippen molar-refractivity contribution in [3.05, 3.63) is 11.6 Å². The Kier molecular flexibility index (Phi) is 43.0. The smallest absolute Gasteiger partial charge is 0.407 e. The van der Waals surface area contributed by atoms with Crippen molar-refractivity contribution in [2.24, 2.45) is 38.9 Å². The maximum atomic E-state index is 11.4. The highest BCUT2D eigenvalue weighted by Crippen LogP contribution is 2.45. The van der Waals surface area contributed by atoms with Crippen LogP contribution in [-0.4, -0.2) is 219 Å². The van der Waals surface area contributed by atoms with Crippen LogP contribution in [0.15, 0.2) is 11.6 Å². The lowest BCUT2D eigenvalue weighted by atomic mass is 9.64. The van der Waals surface area contributed by atoms with Gasteiger partial charge in [0.1, 0.15) is 6.61 Å². The van der Waals surface area contributed by atoms with E-state index in [9.17, 15) is 34.2 Å². The molecule has 4 atom stereocenters. The maximum absolute atomic E-state index is 11.4. The number of carbonyl (C=O) groups excluding carboxylic acids is 5. The SMILES string of the molecule is CC(C)(C)C1(O)CCC1.CC(C)(C)C1=CCOC1.CC(C)(C)C1CCCNC1=O.CC(C)(C)C1CNC(=O)C1.CC(C)(C)C1COC(=O)N1.CC(C)(C)N1CCC(O)C1.CC(C)(C)N1CCCC1.CC(C)(C)N1CCCC1=O.CC(C)(C)N1CCCCC1.CC(C)(C)N1CCCCC1.CC(C)(C)N1CCCCC1=O.